The maximum absolute atomic E-state index is 5.05. The zero-order chi connectivity index (χ0) is 37.0. The van der Waals surface area contributed by atoms with Crippen LogP contribution in [0.1, 0.15) is 11.7 Å². The van der Waals surface area contributed by atoms with Gasteiger partial charge in [0, 0.05) is 39.5 Å². The Morgan fingerprint density at radius 1 is 0.464 bits per heavy atom. The van der Waals surface area contributed by atoms with E-state index >= 15 is 0 Å². The molecular formula is C50H34N6. The quantitative estimate of drug-likeness (QED) is 0.186. The lowest BCUT2D eigenvalue weighted by molar-refractivity contribution is 0.649. The van der Waals surface area contributed by atoms with Gasteiger partial charge in [-0.15, -0.1) is 0 Å². The highest BCUT2D eigenvalue weighted by Crippen LogP contribution is 2.40. The van der Waals surface area contributed by atoms with E-state index in [-0.39, 0.29) is 6.17 Å². The molecule has 10 aromatic rings. The van der Waals surface area contributed by atoms with Crippen molar-refractivity contribution in [3.05, 3.63) is 194 Å². The van der Waals surface area contributed by atoms with Crippen molar-refractivity contribution in [2.75, 3.05) is 0 Å². The van der Waals surface area contributed by atoms with Gasteiger partial charge in [-0.2, -0.15) is 0 Å². The summed E-state index contributed by atoms with van der Waals surface area (Å²) >= 11 is 0. The highest BCUT2D eigenvalue weighted by atomic mass is 15.2. The Labute approximate surface area is 323 Å². The molecule has 4 heterocycles. The summed E-state index contributed by atoms with van der Waals surface area (Å²) in [6.07, 6.45) is 5.67. The first-order valence-electron chi connectivity index (χ1n) is 18.9. The SMILES string of the molecule is C1=NC(c2ccccc2)NC(n2c3ccccc3c3cc(-c4ccccc4-c4ccc5c(c4)c4ccccc4n5-c4ccnc(-c5ccccc5)n4)ccc32)=C1. The third-order valence-corrected chi connectivity index (χ3v) is 10.9. The van der Waals surface area contributed by atoms with Gasteiger partial charge in [-0.1, -0.05) is 133 Å². The van der Waals surface area contributed by atoms with Crippen molar-refractivity contribution in [1.82, 2.24) is 24.4 Å². The molecule has 0 saturated heterocycles. The number of benzene rings is 7. The number of allylic oxidation sites excluding steroid dienone is 1. The molecule has 11 rings (SSSR count). The molecule has 0 amide bonds. The van der Waals surface area contributed by atoms with E-state index in [0.717, 1.165) is 50.4 Å². The number of rotatable bonds is 6. The summed E-state index contributed by atoms with van der Waals surface area (Å²) in [6, 6.07) is 62.2. The third-order valence-electron chi connectivity index (χ3n) is 10.9. The largest absolute Gasteiger partial charge is 0.346 e. The molecule has 1 atom stereocenters. The monoisotopic (exact) mass is 718 g/mol. The van der Waals surface area contributed by atoms with Crippen LogP contribution in [0.25, 0.3) is 88.9 Å². The predicted molar refractivity (Wildman–Crippen MR) is 231 cm³/mol. The number of aliphatic imine (C=N–C) groups is 1. The first kappa shape index (κ1) is 31.9. The fourth-order valence-electron chi connectivity index (χ4n) is 8.34. The number of fused-ring (bicyclic) bond motifs is 6. The van der Waals surface area contributed by atoms with Crippen molar-refractivity contribution in [1.29, 1.82) is 0 Å². The van der Waals surface area contributed by atoms with E-state index in [1.54, 1.807) is 0 Å². The van der Waals surface area contributed by atoms with Crippen molar-refractivity contribution < 1.29 is 0 Å². The standard InChI is InChI=1S/C50H34N6/c1-3-13-33(14-4-1)49-51-29-27-47(53-49)55-43-21-11-9-19-39(43)41-31-35(23-25-45(41)55)37-17-7-8-18-38(37)36-24-26-46-42(32-36)40-20-10-12-22-44(40)56(46)48-28-30-52-50(54-48)34-15-5-2-6-16-34/h1-32,49,53H. The van der Waals surface area contributed by atoms with Crippen LogP contribution in [0.3, 0.4) is 0 Å². The van der Waals surface area contributed by atoms with Gasteiger partial charge in [0.05, 0.1) is 22.1 Å². The zero-order valence-corrected chi connectivity index (χ0v) is 30.3. The number of aromatic nitrogens is 4. The molecule has 6 nitrogen and oxygen atoms in total. The molecule has 0 saturated carbocycles. The minimum absolute atomic E-state index is 0.155. The second-order valence-corrected chi connectivity index (χ2v) is 14.1. The van der Waals surface area contributed by atoms with Gasteiger partial charge in [-0.25, -0.2) is 9.97 Å². The van der Waals surface area contributed by atoms with Gasteiger partial charge in [0.25, 0.3) is 0 Å². The van der Waals surface area contributed by atoms with Gasteiger partial charge in [0.15, 0.2) is 5.82 Å². The highest BCUT2D eigenvalue weighted by Gasteiger charge is 2.21. The summed E-state index contributed by atoms with van der Waals surface area (Å²) < 4.78 is 4.58. The van der Waals surface area contributed by atoms with Crippen LogP contribution in [0.2, 0.25) is 0 Å². The Balaban J connectivity index is 1.02. The van der Waals surface area contributed by atoms with Crippen molar-refractivity contribution in [2.45, 2.75) is 6.17 Å². The Morgan fingerprint density at radius 2 is 1.02 bits per heavy atom. The van der Waals surface area contributed by atoms with Crippen LogP contribution in [-0.2, 0) is 0 Å². The highest BCUT2D eigenvalue weighted by molar-refractivity contribution is 6.13. The van der Waals surface area contributed by atoms with Crippen molar-refractivity contribution in [2.24, 2.45) is 4.99 Å². The van der Waals surface area contributed by atoms with Crippen molar-refractivity contribution in [3.8, 4) is 39.5 Å². The molecule has 0 aliphatic carbocycles. The maximum atomic E-state index is 5.05. The maximum Gasteiger partial charge on any atom is 0.161 e. The number of hydrogen-bond acceptors (Lipinski definition) is 4. The van der Waals surface area contributed by atoms with Crippen LogP contribution in [0, 0.1) is 0 Å². The van der Waals surface area contributed by atoms with Crippen LogP contribution in [0.4, 0.5) is 0 Å². The molecule has 0 radical (unpaired) electrons. The molecule has 264 valence electrons. The first-order chi connectivity index (χ1) is 27.8. The summed E-state index contributed by atoms with van der Waals surface area (Å²) in [6.45, 7) is 0. The Hall–Kier alpha value is -7.57. The van der Waals surface area contributed by atoms with Gasteiger partial charge in [0.2, 0.25) is 0 Å². The van der Waals surface area contributed by atoms with E-state index in [4.69, 9.17) is 9.98 Å². The fourth-order valence-corrected chi connectivity index (χ4v) is 8.34. The molecular weight excluding hydrogens is 685 g/mol. The molecule has 1 unspecified atom stereocenters. The fraction of sp³-hybridized carbons (Fsp3) is 0.0200. The van der Waals surface area contributed by atoms with Gasteiger partial charge in [-0.3, -0.25) is 14.1 Å². The van der Waals surface area contributed by atoms with Crippen LogP contribution in [0.5, 0.6) is 0 Å². The summed E-state index contributed by atoms with van der Waals surface area (Å²) in [5.74, 6) is 2.54. The molecule has 7 aromatic carbocycles. The van der Waals surface area contributed by atoms with Crippen LogP contribution in [-0.4, -0.2) is 25.3 Å². The topological polar surface area (TPSA) is 60.0 Å². The molecule has 1 N–H and O–H groups in total. The number of para-hydroxylation sites is 2. The molecule has 0 bridgehead atoms. The predicted octanol–water partition coefficient (Wildman–Crippen LogP) is 11.9. The zero-order valence-electron chi connectivity index (χ0n) is 30.3. The number of nitrogens with one attached hydrogen (secondary N) is 1. The van der Waals surface area contributed by atoms with E-state index in [1.807, 2.05) is 54.9 Å². The molecule has 0 fully saturated rings. The summed E-state index contributed by atoms with van der Waals surface area (Å²) in [4.78, 5) is 14.4. The smallest absolute Gasteiger partial charge is 0.161 e. The second-order valence-electron chi connectivity index (χ2n) is 14.1. The Kier molecular flexibility index (Phi) is 7.45. The minimum atomic E-state index is -0.155. The lowest BCUT2D eigenvalue weighted by atomic mass is 9.93. The van der Waals surface area contributed by atoms with Gasteiger partial charge >= 0.3 is 0 Å². The van der Waals surface area contributed by atoms with Crippen LogP contribution in [0.15, 0.2) is 193 Å². The summed E-state index contributed by atoms with van der Waals surface area (Å²) in [5.41, 5.74) is 11.3. The van der Waals surface area contributed by atoms with Crippen molar-refractivity contribution >= 4 is 55.6 Å². The summed E-state index contributed by atoms with van der Waals surface area (Å²) in [5, 5.41) is 8.47. The van der Waals surface area contributed by atoms with E-state index in [1.165, 1.54) is 38.2 Å². The van der Waals surface area contributed by atoms with Crippen molar-refractivity contribution in [3.63, 3.8) is 0 Å². The Morgan fingerprint density at radius 3 is 1.70 bits per heavy atom. The van der Waals surface area contributed by atoms with E-state index < -0.39 is 0 Å². The van der Waals surface area contributed by atoms with Crippen LogP contribution < -0.4 is 5.32 Å². The molecule has 6 heteroatoms. The van der Waals surface area contributed by atoms with E-state index in [0.29, 0.717) is 5.82 Å². The first-order valence-corrected chi connectivity index (χ1v) is 18.9. The normalized spacial score (nSPS) is 14.1. The third kappa shape index (κ3) is 5.22. The Bertz CT molecular complexity index is 3170. The van der Waals surface area contributed by atoms with E-state index in [9.17, 15) is 0 Å². The molecule has 1 aliphatic heterocycles. The lowest BCUT2D eigenvalue weighted by Crippen LogP contribution is -2.24. The molecule has 56 heavy (non-hydrogen) atoms. The van der Waals surface area contributed by atoms with Gasteiger partial charge < -0.3 is 5.32 Å². The summed E-state index contributed by atoms with van der Waals surface area (Å²) in [7, 11) is 0. The average Bonchev–Trinajstić information content (AvgIpc) is 3.79. The van der Waals surface area contributed by atoms with Gasteiger partial charge in [0.1, 0.15) is 17.8 Å². The average molecular weight is 719 g/mol. The molecule has 0 spiro atoms. The second kappa shape index (κ2) is 13.1. The molecule has 3 aromatic heterocycles. The van der Waals surface area contributed by atoms with E-state index in [2.05, 4.69) is 159 Å². The lowest BCUT2D eigenvalue weighted by Gasteiger charge is -2.23. The minimum Gasteiger partial charge on any atom is -0.346 e. The number of nitrogens with zero attached hydrogens (tertiary/aromatic N) is 5. The van der Waals surface area contributed by atoms with Gasteiger partial charge in [-0.05, 0) is 76.4 Å². The van der Waals surface area contributed by atoms with Crippen LogP contribution >= 0.6 is 0 Å². The number of hydrogen-bond donors (Lipinski definition) is 1. The molecule has 1 aliphatic rings.